The number of oxazole rings is 1. The van der Waals surface area contributed by atoms with Gasteiger partial charge in [-0.05, 0) is 31.0 Å². The minimum absolute atomic E-state index is 0.284. The molecule has 3 heterocycles. The average molecular weight is 287 g/mol. The monoisotopic (exact) mass is 287 g/mol. The van der Waals surface area contributed by atoms with Gasteiger partial charge in [0.2, 0.25) is 0 Å². The summed E-state index contributed by atoms with van der Waals surface area (Å²) in [5.74, 6) is 0.728. The Balaban J connectivity index is 1.49. The number of aromatic nitrogens is 2. The minimum Gasteiger partial charge on any atom is -0.449 e. The summed E-state index contributed by atoms with van der Waals surface area (Å²) in [6, 6.07) is 3.99. The zero-order valence-corrected chi connectivity index (χ0v) is 12.4. The first-order valence-electron chi connectivity index (χ1n) is 7.43. The van der Waals surface area contributed by atoms with Crippen molar-refractivity contribution in [3.05, 3.63) is 47.9 Å². The standard InChI is InChI=1S/C16H21N3O2/c1-13-18-15(12-20-13)9-19-7-3-5-16(10-19)21-11-14-4-2-6-17-8-14/h2,4,6,8,12,16H,3,5,7,9-11H2,1H3. The van der Waals surface area contributed by atoms with E-state index in [0.29, 0.717) is 6.61 Å². The number of rotatable bonds is 5. The summed E-state index contributed by atoms with van der Waals surface area (Å²) in [6.45, 7) is 5.39. The molecule has 1 atom stereocenters. The highest BCUT2D eigenvalue weighted by molar-refractivity contribution is 5.06. The summed E-state index contributed by atoms with van der Waals surface area (Å²) in [5.41, 5.74) is 2.13. The van der Waals surface area contributed by atoms with Crippen LogP contribution in [0.3, 0.4) is 0 Å². The summed E-state index contributed by atoms with van der Waals surface area (Å²) in [4.78, 5) is 10.9. The van der Waals surface area contributed by atoms with Crippen molar-refractivity contribution in [2.45, 2.75) is 39.0 Å². The van der Waals surface area contributed by atoms with Crippen molar-refractivity contribution < 1.29 is 9.15 Å². The second kappa shape index (κ2) is 6.83. The summed E-state index contributed by atoms with van der Waals surface area (Å²) in [6.07, 6.45) is 7.95. The van der Waals surface area contributed by atoms with E-state index in [2.05, 4.69) is 14.9 Å². The molecule has 1 saturated heterocycles. The van der Waals surface area contributed by atoms with Crippen LogP contribution in [0.1, 0.15) is 30.0 Å². The lowest BCUT2D eigenvalue weighted by molar-refractivity contribution is -0.0124. The lowest BCUT2D eigenvalue weighted by Gasteiger charge is -2.32. The van der Waals surface area contributed by atoms with Crippen LogP contribution in [0.15, 0.2) is 35.2 Å². The molecule has 0 N–H and O–H groups in total. The normalized spacial score (nSPS) is 19.8. The van der Waals surface area contributed by atoms with E-state index in [9.17, 15) is 0 Å². The van der Waals surface area contributed by atoms with Crippen molar-refractivity contribution in [2.24, 2.45) is 0 Å². The molecular weight excluding hydrogens is 266 g/mol. The molecule has 1 aliphatic rings. The summed E-state index contributed by atoms with van der Waals surface area (Å²) >= 11 is 0. The van der Waals surface area contributed by atoms with Crippen molar-refractivity contribution >= 4 is 0 Å². The molecule has 0 radical (unpaired) electrons. The molecule has 3 rings (SSSR count). The second-order valence-corrected chi connectivity index (χ2v) is 5.53. The van der Waals surface area contributed by atoms with Gasteiger partial charge >= 0.3 is 0 Å². The van der Waals surface area contributed by atoms with Crippen LogP contribution in [0, 0.1) is 6.92 Å². The molecule has 2 aromatic rings. The van der Waals surface area contributed by atoms with Crippen LogP contribution in [0.2, 0.25) is 0 Å². The maximum absolute atomic E-state index is 6.02. The number of nitrogens with zero attached hydrogens (tertiary/aromatic N) is 3. The van der Waals surface area contributed by atoms with Crippen LogP contribution < -0.4 is 0 Å². The van der Waals surface area contributed by atoms with Crippen LogP contribution >= 0.6 is 0 Å². The Morgan fingerprint density at radius 1 is 1.48 bits per heavy atom. The Morgan fingerprint density at radius 2 is 2.43 bits per heavy atom. The third kappa shape index (κ3) is 4.12. The zero-order valence-electron chi connectivity index (χ0n) is 12.4. The second-order valence-electron chi connectivity index (χ2n) is 5.53. The van der Waals surface area contributed by atoms with Gasteiger partial charge in [-0.15, -0.1) is 0 Å². The lowest BCUT2D eigenvalue weighted by atomic mass is 10.1. The number of ether oxygens (including phenoxy) is 1. The molecule has 5 nitrogen and oxygen atoms in total. The SMILES string of the molecule is Cc1nc(CN2CCCC(OCc3cccnc3)C2)co1. The number of hydrogen-bond donors (Lipinski definition) is 0. The van der Waals surface area contributed by atoms with Gasteiger partial charge in [-0.3, -0.25) is 9.88 Å². The van der Waals surface area contributed by atoms with Crippen molar-refractivity contribution in [3.63, 3.8) is 0 Å². The lowest BCUT2D eigenvalue weighted by Crippen LogP contribution is -2.39. The first-order valence-corrected chi connectivity index (χ1v) is 7.43. The first-order chi connectivity index (χ1) is 10.3. The largest absolute Gasteiger partial charge is 0.449 e. The van der Waals surface area contributed by atoms with Crippen molar-refractivity contribution in [1.29, 1.82) is 0 Å². The van der Waals surface area contributed by atoms with E-state index in [0.717, 1.165) is 49.6 Å². The molecule has 0 aromatic carbocycles. The van der Waals surface area contributed by atoms with Gasteiger partial charge in [0.25, 0.3) is 0 Å². The molecule has 1 unspecified atom stereocenters. The fourth-order valence-corrected chi connectivity index (χ4v) is 2.70. The molecule has 5 heteroatoms. The number of aryl methyl sites for hydroxylation is 1. The third-order valence-electron chi connectivity index (χ3n) is 3.72. The number of pyridine rings is 1. The number of piperidine rings is 1. The molecule has 1 aliphatic heterocycles. The fraction of sp³-hybridized carbons (Fsp3) is 0.500. The molecule has 112 valence electrons. The Morgan fingerprint density at radius 3 is 3.19 bits per heavy atom. The molecule has 0 aliphatic carbocycles. The van der Waals surface area contributed by atoms with Gasteiger partial charge in [0, 0.05) is 32.4 Å². The van der Waals surface area contributed by atoms with E-state index in [1.165, 1.54) is 0 Å². The average Bonchev–Trinajstić information content (AvgIpc) is 2.92. The van der Waals surface area contributed by atoms with Crippen LogP contribution in [-0.4, -0.2) is 34.1 Å². The van der Waals surface area contributed by atoms with Gasteiger partial charge < -0.3 is 9.15 Å². The summed E-state index contributed by atoms with van der Waals surface area (Å²) in [7, 11) is 0. The smallest absolute Gasteiger partial charge is 0.191 e. The Kier molecular flexibility index (Phi) is 4.62. The topological polar surface area (TPSA) is 51.4 Å². The van der Waals surface area contributed by atoms with Crippen molar-refractivity contribution in [2.75, 3.05) is 13.1 Å². The Bertz CT molecular complexity index is 556. The van der Waals surface area contributed by atoms with E-state index in [1.807, 2.05) is 25.3 Å². The fourth-order valence-electron chi connectivity index (χ4n) is 2.70. The highest BCUT2D eigenvalue weighted by Crippen LogP contribution is 2.17. The van der Waals surface area contributed by atoms with Crippen LogP contribution in [0.5, 0.6) is 0 Å². The highest BCUT2D eigenvalue weighted by Gasteiger charge is 2.21. The molecule has 0 amide bonds. The van der Waals surface area contributed by atoms with Crippen LogP contribution in [-0.2, 0) is 17.9 Å². The van der Waals surface area contributed by atoms with E-state index < -0.39 is 0 Å². The van der Waals surface area contributed by atoms with Crippen molar-refractivity contribution in [3.8, 4) is 0 Å². The van der Waals surface area contributed by atoms with Crippen LogP contribution in [0.4, 0.5) is 0 Å². The van der Waals surface area contributed by atoms with E-state index in [1.54, 1.807) is 12.5 Å². The summed E-state index contributed by atoms with van der Waals surface area (Å²) in [5, 5.41) is 0. The van der Waals surface area contributed by atoms with Gasteiger partial charge in [0.15, 0.2) is 5.89 Å². The summed E-state index contributed by atoms with van der Waals surface area (Å²) < 4.78 is 11.3. The Labute approximate surface area is 125 Å². The zero-order chi connectivity index (χ0) is 14.5. The molecule has 21 heavy (non-hydrogen) atoms. The van der Waals surface area contributed by atoms with Gasteiger partial charge in [0.1, 0.15) is 6.26 Å². The molecular formula is C16H21N3O2. The van der Waals surface area contributed by atoms with Gasteiger partial charge in [-0.25, -0.2) is 4.98 Å². The third-order valence-corrected chi connectivity index (χ3v) is 3.72. The molecule has 0 bridgehead atoms. The predicted octanol–water partition coefficient (Wildman–Crippen LogP) is 2.56. The van der Waals surface area contributed by atoms with Gasteiger partial charge in [-0.2, -0.15) is 0 Å². The van der Waals surface area contributed by atoms with Crippen LogP contribution in [0.25, 0.3) is 0 Å². The molecule has 0 spiro atoms. The maximum atomic E-state index is 6.02. The van der Waals surface area contributed by atoms with E-state index >= 15 is 0 Å². The van der Waals surface area contributed by atoms with Gasteiger partial charge in [0.05, 0.1) is 18.4 Å². The Hall–Kier alpha value is -1.72. The van der Waals surface area contributed by atoms with Gasteiger partial charge in [-0.1, -0.05) is 6.07 Å². The van der Waals surface area contributed by atoms with E-state index in [4.69, 9.17) is 9.15 Å². The number of likely N-dealkylation sites (tertiary alicyclic amines) is 1. The van der Waals surface area contributed by atoms with E-state index in [-0.39, 0.29) is 6.10 Å². The quantitative estimate of drug-likeness (QED) is 0.846. The first kappa shape index (κ1) is 14.2. The predicted molar refractivity (Wildman–Crippen MR) is 78.6 cm³/mol. The van der Waals surface area contributed by atoms with Crippen molar-refractivity contribution in [1.82, 2.24) is 14.9 Å². The molecule has 1 fully saturated rings. The molecule has 0 saturated carbocycles. The minimum atomic E-state index is 0.284. The molecule has 2 aromatic heterocycles. The maximum Gasteiger partial charge on any atom is 0.191 e. The number of hydrogen-bond acceptors (Lipinski definition) is 5. The highest BCUT2D eigenvalue weighted by atomic mass is 16.5.